The van der Waals surface area contributed by atoms with Crippen LogP contribution in [0.1, 0.15) is 17.5 Å². The first-order valence-corrected chi connectivity index (χ1v) is 4.67. The lowest BCUT2D eigenvalue weighted by atomic mass is 9.91. The minimum atomic E-state index is -0.500. The first-order valence-electron chi connectivity index (χ1n) is 4.67. The summed E-state index contributed by atoms with van der Waals surface area (Å²) in [6.45, 7) is 0. The van der Waals surface area contributed by atoms with Crippen LogP contribution >= 0.6 is 0 Å². The van der Waals surface area contributed by atoms with E-state index < -0.39 is 5.97 Å². The van der Waals surface area contributed by atoms with Crippen LogP contribution in [0.5, 0.6) is 0 Å². The molecule has 0 atom stereocenters. The quantitative estimate of drug-likeness (QED) is 0.705. The third-order valence-electron chi connectivity index (χ3n) is 2.48. The molecule has 1 heterocycles. The molecule has 0 aromatic carbocycles. The van der Waals surface area contributed by atoms with E-state index in [1.807, 2.05) is 0 Å². The number of nitrogens with zero attached hydrogens (tertiary/aromatic N) is 1. The second-order valence-electron chi connectivity index (χ2n) is 3.35. The number of pyridine rings is 1. The lowest BCUT2D eigenvalue weighted by Gasteiger charge is -2.17. The predicted molar refractivity (Wildman–Crippen MR) is 54.1 cm³/mol. The van der Waals surface area contributed by atoms with Gasteiger partial charge in [-0.05, 0) is 23.6 Å². The molecule has 0 aliphatic heterocycles. The highest BCUT2D eigenvalue weighted by Crippen LogP contribution is 2.29. The number of aliphatic hydroxyl groups is 1. The van der Waals surface area contributed by atoms with Crippen molar-refractivity contribution < 1.29 is 14.6 Å². The van der Waals surface area contributed by atoms with Crippen LogP contribution in [0, 0.1) is 0 Å². The number of methoxy groups -OCH3 is 1. The van der Waals surface area contributed by atoms with E-state index >= 15 is 0 Å². The number of allylic oxidation sites excluding steroid dienone is 1. The van der Waals surface area contributed by atoms with Gasteiger partial charge >= 0.3 is 5.97 Å². The maximum atomic E-state index is 11.5. The number of carbonyl (C=O) groups excluding carboxylic acids is 1. The molecule has 1 aromatic rings. The Hall–Kier alpha value is -1.84. The van der Waals surface area contributed by atoms with Gasteiger partial charge in [0.2, 0.25) is 0 Å². The van der Waals surface area contributed by atoms with Crippen molar-refractivity contribution in [2.45, 2.75) is 12.8 Å². The zero-order valence-corrected chi connectivity index (χ0v) is 8.36. The maximum Gasteiger partial charge on any atom is 0.341 e. The molecule has 0 fully saturated rings. The first-order chi connectivity index (χ1) is 7.24. The molecule has 4 heteroatoms. The molecule has 0 radical (unpaired) electrons. The summed E-state index contributed by atoms with van der Waals surface area (Å²) in [5.74, 6) is -0.403. The molecule has 1 aliphatic carbocycles. The normalized spacial score (nSPS) is 14.7. The molecule has 0 saturated heterocycles. The fourth-order valence-corrected chi connectivity index (χ4v) is 1.73. The Morgan fingerprint density at radius 3 is 3.07 bits per heavy atom. The molecular weight excluding hydrogens is 194 g/mol. The molecule has 0 spiro atoms. The summed E-state index contributed by atoms with van der Waals surface area (Å²) in [7, 11) is 1.30. The van der Waals surface area contributed by atoms with E-state index in [4.69, 9.17) is 0 Å². The first kappa shape index (κ1) is 9.71. The van der Waals surface area contributed by atoms with Gasteiger partial charge in [-0.3, -0.25) is 4.98 Å². The molecule has 0 unspecified atom stereocenters. The number of aromatic nitrogens is 1. The van der Waals surface area contributed by atoms with E-state index in [0.29, 0.717) is 12.8 Å². The summed E-state index contributed by atoms with van der Waals surface area (Å²) in [5.41, 5.74) is 1.96. The van der Waals surface area contributed by atoms with E-state index in [1.54, 1.807) is 18.5 Å². The summed E-state index contributed by atoms with van der Waals surface area (Å²) in [4.78, 5) is 15.5. The van der Waals surface area contributed by atoms with Crippen LogP contribution in [0.4, 0.5) is 0 Å². The second-order valence-corrected chi connectivity index (χ2v) is 3.35. The van der Waals surface area contributed by atoms with E-state index in [2.05, 4.69) is 9.72 Å². The fourth-order valence-electron chi connectivity index (χ4n) is 1.73. The molecule has 2 rings (SSSR count). The average molecular weight is 205 g/mol. The molecule has 15 heavy (non-hydrogen) atoms. The van der Waals surface area contributed by atoms with Crippen molar-refractivity contribution >= 4 is 11.5 Å². The van der Waals surface area contributed by atoms with Gasteiger partial charge in [-0.25, -0.2) is 4.79 Å². The third-order valence-corrected chi connectivity index (χ3v) is 2.48. The third kappa shape index (κ3) is 1.58. The van der Waals surface area contributed by atoms with Crippen molar-refractivity contribution in [1.82, 2.24) is 4.98 Å². The van der Waals surface area contributed by atoms with Crippen LogP contribution in [-0.4, -0.2) is 23.2 Å². The van der Waals surface area contributed by atoms with Gasteiger partial charge in [0.1, 0.15) is 11.3 Å². The smallest absolute Gasteiger partial charge is 0.341 e. The summed E-state index contributed by atoms with van der Waals surface area (Å²) in [5, 5.41) is 9.68. The molecule has 0 amide bonds. The molecule has 0 saturated carbocycles. The van der Waals surface area contributed by atoms with Crippen molar-refractivity contribution in [3.05, 3.63) is 35.3 Å². The summed E-state index contributed by atoms with van der Waals surface area (Å²) in [6.07, 6.45) is 4.48. The topological polar surface area (TPSA) is 59.4 Å². The maximum absolute atomic E-state index is 11.5. The van der Waals surface area contributed by atoms with Crippen LogP contribution < -0.4 is 0 Å². The van der Waals surface area contributed by atoms with Crippen molar-refractivity contribution in [3.63, 3.8) is 0 Å². The number of hydrogen-bond acceptors (Lipinski definition) is 4. The van der Waals surface area contributed by atoms with Crippen molar-refractivity contribution in [1.29, 1.82) is 0 Å². The highest BCUT2D eigenvalue weighted by atomic mass is 16.5. The van der Waals surface area contributed by atoms with Crippen LogP contribution in [0.2, 0.25) is 0 Å². The van der Waals surface area contributed by atoms with Crippen molar-refractivity contribution in [2.75, 3.05) is 7.11 Å². The van der Waals surface area contributed by atoms with Gasteiger partial charge < -0.3 is 9.84 Å². The standard InChI is InChI=1S/C11H11NO3/c1-15-11(14)10-8-4-5-12-6-7(8)2-3-9(10)13/h4-6,13H,2-3H2,1H3. The van der Waals surface area contributed by atoms with E-state index in [0.717, 1.165) is 11.1 Å². The zero-order chi connectivity index (χ0) is 10.8. The average Bonchev–Trinajstić information content (AvgIpc) is 2.28. The number of rotatable bonds is 1. The van der Waals surface area contributed by atoms with Gasteiger partial charge in [-0.1, -0.05) is 0 Å². The Labute approximate surface area is 87.2 Å². The number of carbonyl (C=O) groups is 1. The number of esters is 1. The second kappa shape index (κ2) is 3.73. The molecule has 1 N–H and O–H groups in total. The van der Waals surface area contributed by atoms with Gasteiger partial charge in [-0.2, -0.15) is 0 Å². The molecule has 78 valence electrons. The van der Waals surface area contributed by atoms with Gasteiger partial charge in [0.25, 0.3) is 0 Å². The Kier molecular flexibility index (Phi) is 2.41. The number of aryl methyl sites for hydroxylation is 1. The van der Waals surface area contributed by atoms with E-state index in [1.165, 1.54) is 7.11 Å². The summed E-state index contributed by atoms with van der Waals surface area (Å²) >= 11 is 0. The largest absolute Gasteiger partial charge is 0.511 e. The molecule has 4 nitrogen and oxygen atoms in total. The van der Waals surface area contributed by atoms with Crippen molar-refractivity contribution in [3.8, 4) is 0 Å². The van der Waals surface area contributed by atoms with Crippen LogP contribution in [0.25, 0.3) is 5.57 Å². The highest BCUT2D eigenvalue weighted by Gasteiger charge is 2.24. The molecule has 1 aromatic heterocycles. The fraction of sp³-hybridized carbons (Fsp3) is 0.273. The SMILES string of the molecule is COC(=O)C1=C(O)CCc2cnccc21. The minimum absolute atomic E-state index is 0.0977. The lowest BCUT2D eigenvalue weighted by Crippen LogP contribution is -2.13. The number of fused-ring (bicyclic) bond motifs is 1. The van der Waals surface area contributed by atoms with Crippen LogP contribution in [0.15, 0.2) is 24.2 Å². The molecule has 1 aliphatic rings. The Bertz CT molecular complexity index is 437. The summed E-state index contributed by atoms with van der Waals surface area (Å²) < 4.78 is 4.64. The molecule has 0 bridgehead atoms. The Morgan fingerprint density at radius 1 is 1.53 bits per heavy atom. The van der Waals surface area contributed by atoms with Gasteiger partial charge in [0.05, 0.1) is 7.11 Å². The number of hydrogen-bond donors (Lipinski definition) is 1. The minimum Gasteiger partial charge on any atom is -0.511 e. The monoisotopic (exact) mass is 205 g/mol. The zero-order valence-electron chi connectivity index (χ0n) is 8.36. The molecular formula is C11H11NO3. The van der Waals surface area contributed by atoms with E-state index in [9.17, 15) is 9.90 Å². The van der Waals surface area contributed by atoms with Crippen LogP contribution in [-0.2, 0) is 16.0 Å². The number of aliphatic hydroxyl groups excluding tert-OH is 1. The van der Waals surface area contributed by atoms with Crippen LogP contribution in [0.3, 0.4) is 0 Å². The van der Waals surface area contributed by atoms with E-state index in [-0.39, 0.29) is 11.3 Å². The summed E-state index contributed by atoms with van der Waals surface area (Å²) in [6, 6.07) is 1.72. The highest BCUT2D eigenvalue weighted by molar-refractivity contribution is 6.17. The Balaban J connectivity index is 2.55. The lowest BCUT2D eigenvalue weighted by molar-refractivity contribution is -0.133. The predicted octanol–water partition coefficient (Wildman–Crippen LogP) is 1.47. The Morgan fingerprint density at radius 2 is 2.33 bits per heavy atom. The van der Waals surface area contributed by atoms with Crippen molar-refractivity contribution in [2.24, 2.45) is 0 Å². The van der Waals surface area contributed by atoms with Gasteiger partial charge in [0, 0.05) is 18.8 Å². The van der Waals surface area contributed by atoms with Gasteiger partial charge in [-0.15, -0.1) is 0 Å². The number of ether oxygens (including phenoxy) is 1. The van der Waals surface area contributed by atoms with Gasteiger partial charge in [0.15, 0.2) is 0 Å².